The molecular formula is C15H25N3O2. The van der Waals surface area contributed by atoms with E-state index < -0.39 is 0 Å². The van der Waals surface area contributed by atoms with Gasteiger partial charge in [0.1, 0.15) is 5.75 Å². The number of nitrogens with two attached hydrogens (primary N) is 1. The number of piperazine rings is 1. The summed E-state index contributed by atoms with van der Waals surface area (Å²) in [6.45, 7) is 5.47. The molecule has 0 saturated carbocycles. The molecular weight excluding hydrogens is 254 g/mol. The Morgan fingerprint density at radius 2 is 1.95 bits per heavy atom. The lowest BCUT2D eigenvalue weighted by molar-refractivity contribution is 0.0848. The highest BCUT2D eigenvalue weighted by Gasteiger charge is 2.25. The van der Waals surface area contributed by atoms with Crippen molar-refractivity contribution in [2.45, 2.75) is 6.04 Å². The van der Waals surface area contributed by atoms with E-state index in [0.717, 1.165) is 44.0 Å². The maximum Gasteiger partial charge on any atom is 0.123 e. The Balaban J connectivity index is 2.06. The van der Waals surface area contributed by atoms with E-state index in [1.54, 1.807) is 7.11 Å². The summed E-state index contributed by atoms with van der Waals surface area (Å²) in [6.07, 6.45) is 0. The monoisotopic (exact) mass is 279 g/mol. The van der Waals surface area contributed by atoms with Gasteiger partial charge in [0.15, 0.2) is 0 Å². The molecule has 5 nitrogen and oxygen atoms in total. The van der Waals surface area contributed by atoms with Crippen LogP contribution in [0.1, 0.15) is 11.6 Å². The molecule has 1 unspecified atom stereocenters. The van der Waals surface area contributed by atoms with Crippen LogP contribution in [0.5, 0.6) is 5.75 Å². The molecule has 1 aliphatic heterocycles. The van der Waals surface area contributed by atoms with Gasteiger partial charge < -0.3 is 15.6 Å². The molecule has 112 valence electrons. The zero-order valence-corrected chi connectivity index (χ0v) is 12.2. The van der Waals surface area contributed by atoms with Crippen LogP contribution in [0, 0.1) is 0 Å². The Bertz CT molecular complexity index is 406. The number of aliphatic hydroxyl groups excluding tert-OH is 1. The predicted molar refractivity (Wildman–Crippen MR) is 79.9 cm³/mol. The summed E-state index contributed by atoms with van der Waals surface area (Å²) in [5.74, 6) is 0.903. The third-order valence-electron chi connectivity index (χ3n) is 3.99. The number of rotatable bonds is 6. The first-order chi connectivity index (χ1) is 9.80. The van der Waals surface area contributed by atoms with Gasteiger partial charge in [-0.25, -0.2) is 0 Å². The number of para-hydroxylation sites is 1. The fraction of sp³-hybridized carbons (Fsp3) is 0.600. The highest BCUT2D eigenvalue weighted by Crippen LogP contribution is 2.29. The third kappa shape index (κ3) is 3.49. The minimum Gasteiger partial charge on any atom is -0.496 e. The molecule has 3 N–H and O–H groups in total. The summed E-state index contributed by atoms with van der Waals surface area (Å²) in [5, 5.41) is 8.99. The molecule has 2 rings (SSSR count). The van der Waals surface area contributed by atoms with Crippen molar-refractivity contribution in [3.8, 4) is 5.75 Å². The van der Waals surface area contributed by atoms with E-state index in [0.29, 0.717) is 6.54 Å². The molecule has 1 fully saturated rings. The summed E-state index contributed by atoms with van der Waals surface area (Å²) < 4.78 is 5.45. The molecule has 0 amide bonds. The minimum atomic E-state index is 0.197. The van der Waals surface area contributed by atoms with Crippen LogP contribution in [0.25, 0.3) is 0 Å². The van der Waals surface area contributed by atoms with E-state index >= 15 is 0 Å². The lowest BCUT2D eigenvalue weighted by atomic mass is 10.0. The zero-order valence-electron chi connectivity index (χ0n) is 12.2. The van der Waals surface area contributed by atoms with Gasteiger partial charge in [0, 0.05) is 44.8 Å². The minimum absolute atomic E-state index is 0.197. The van der Waals surface area contributed by atoms with Crippen LogP contribution in [0.4, 0.5) is 0 Å². The van der Waals surface area contributed by atoms with Crippen molar-refractivity contribution in [1.29, 1.82) is 0 Å². The van der Waals surface area contributed by atoms with Gasteiger partial charge in [-0.1, -0.05) is 18.2 Å². The van der Waals surface area contributed by atoms with Gasteiger partial charge in [-0.05, 0) is 6.07 Å². The van der Waals surface area contributed by atoms with Crippen LogP contribution >= 0.6 is 0 Å². The largest absolute Gasteiger partial charge is 0.496 e. The van der Waals surface area contributed by atoms with Gasteiger partial charge in [-0.15, -0.1) is 0 Å². The van der Waals surface area contributed by atoms with Crippen LogP contribution in [0.3, 0.4) is 0 Å². The predicted octanol–water partition coefficient (Wildman–Crippen LogP) is 0.305. The molecule has 0 radical (unpaired) electrons. The maximum absolute atomic E-state index is 8.99. The van der Waals surface area contributed by atoms with Crippen molar-refractivity contribution in [3.63, 3.8) is 0 Å². The van der Waals surface area contributed by atoms with Gasteiger partial charge in [0.2, 0.25) is 0 Å². The molecule has 5 heteroatoms. The van der Waals surface area contributed by atoms with Crippen molar-refractivity contribution in [1.82, 2.24) is 9.80 Å². The fourth-order valence-electron chi connectivity index (χ4n) is 2.85. The van der Waals surface area contributed by atoms with E-state index in [1.165, 1.54) is 0 Å². The molecule has 1 aromatic rings. The lowest BCUT2D eigenvalue weighted by Gasteiger charge is -2.39. The number of hydrogen-bond acceptors (Lipinski definition) is 5. The Morgan fingerprint density at radius 1 is 1.25 bits per heavy atom. The highest BCUT2D eigenvalue weighted by atomic mass is 16.5. The second kappa shape index (κ2) is 7.59. The quantitative estimate of drug-likeness (QED) is 0.784. The summed E-state index contributed by atoms with van der Waals surface area (Å²) in [4.78, 5) is 4.69. The Labute approximate surface area is 120 Å². The number of aliphatic hydroxyl groups is 1. The van der Waals surface area contributed by atoms with Gasteiger partial charge in [-0.2, -0.15) is 0 Å². The van der Waals surface area contributed by atoms with Crippen molar-refractivity contribution in [3.05, 3.63) is 29.8 Å². The second-order valence-corrected chi connectivity index (χ2v) is 5.09. The topological polar surface area (TPSA) is 62.0 Å². The van der Waals surface area contributed by atoms with Crippen LogP contribution in [-0.4, -0.2) is 67.9 Å². The molecule has 0 spiro atoms. The molecule has 20 heavy (non-hydrogen) atoms. The normalized spacial score (nSPS) is 18.9. The molecule has 0 bridgehead atoms. The summed E-state index contributed by atoms with van der Waals surface area (Å²) in [5.41, 5.74) is 7.16. The molecule has 1 heterocycles. The van der Waals surface area contributed by atoms with Gasteiger partial charge in [-0.3, -0.25) is 9.80 Å². The van der Waals surface area contributed by atoms with Gasteiger partial charge >= 0.3 is 0 Å². The lowest BCUT2D eigenvalue weighted by Crippen LogP contribution is -2.49. The Hall–Kier alpha value is -1.14. The van der Waals surface area contributed by atoms with Crippen LogP contribution < -0.4 is 10.5 Å². The Morgan fingerprint density at radius 3 is 2.55 bits per heavy atom. The number of nitrogens with zero attached hydrogens (tertiary/aromatic N) is 2. The Kier molecular flexibility index (Phi) is 5.79. The molecule has 0 aromatic heterocycles. The number of hydrogen-bond donors (Lipinski definition) is 2. The van der Waals surface area contributed by atoms with E-state index in [4.69, 9.17) is 15.6 Å². The zero-order chi connectivity index (χ0) is 14.4. The fourth-order valence-corrected chi connectivity index (χ4v) is 2.85. The standard InChI is InChI=1S/C15H25N3O2/c1-20-15-5-3-2-4-13(15)14(12-16)18-8-6-17(7-9-18)10-11-19/h2-5,14,19H,6-12,16H2,1H3. The molecule has 1 aromatic carbocycles. The third-order valence-corrected chi connectivity index (χ3v) is 3.99. The molecule has 1 atom stereocenters. The number of methoxy groups -OCH3 is 1. The van der Waals surface area contributed by atoms with Crippen molar-refractivity contribution in [2.24, 2.45) is 5.73 Å². The smallest absolute Gasteiger partial charge is 0.123 e. The van der Waals surface area contributed by atoms with E-state index in [1.807, 2.05) is 18.2 Å². The summed E-state index contributed by atoms with van der Waals surface area (Å²) in [7, 11) is 1.70. The van der Waals surface area contributed by atoms with E-state index in [9.17, 15) is 0 Å². The average molecular weight is 279 g/mol. The van der Waals surface area contributed by atoms with Crippen LogP contribution in [0.2, 0.25) is 0 Å². The number of benzene rings is 1. The first-order valence-electron chi connectivity index (χ1n) is 7.20. The van der Waals surface area contributed by atoms with Crippen molar-refractivity contribution >= 4 is 0 Å². The van der Waals surface area contributed by atoms with Gasteiger partial charge in [0.05, 0.1) is 19.8 Å². The van der Waals surface area contributed by atoms with Crippen LogP contribution in [0.15, 0.2) is 24.3 Å². The van der Waals surface area contributed by atoms with E-state index in [2.05, 4.69) is 15.9 Å². The van der Waals surface area contributed by atoms with E-state index in [-0.39, 0.29) is 12.6 Å². The van der Waals surface area contributed by atoms with Crippen LogP contribution in [-0.2, 0) is 0 Å². The molecule has 1 saturated heterocycles. The first kappa shape index (κ1) is 15.3. The maximum atomic E-state index is 8.99. The number of ether oxygens (including phenoxy) is 1. The summed E-state index contributed by atoms with van der Waals surface area (Å²) >= 11 is 0. The second-order valence-electron chi connectivity index (χ2n) is 5.09. The van der Waals surface area contributed by atoms with Crippen molar-refractivity contribution in [2.75, 3.05) is 53.0 Å². The van der Waals surface area contributed by atoms with Gasteiger partial charge in [0.25, 0.3) is 0 Å². The summed E-state index contributed by atoms with van der Waals surface area (Å²) in [6, 6.07) is 8.29. The first-order valence-corrected chi connectivity index (χ1v) is 7.20. The molecule has 0 aliphatic carbocycles. The molecule has 1 aliphatic rings. The SMILES string of the molecule is COc1ccccc1C(CN)N1CCN(CCO)CC1. The highest BCUT2D eigenvalue weighted by molar-refractivity contribution is 5.36. The average Bonchev–Trinajstić information content (AvgIpc) is 2.50. The number of β-amino-alcohol motifs (C(OH)–C–C–N with tert-alkyl or cyclic N) is 1. The van der Waals surface area contributed by atoms with Crippen molar-refractivity contribution < 1.29 is 9.84 Å².